The molecule has 8 heteroatoms. The predicted molar refractivity (Wildman–Crippen MR) is 104 cm³/mol. The lowest BCUT2D eigenvalue weighted by Crippen LogP contribution is -2.35. The van der Waals surface area contributed by atoms with Crippen molar-refractivity contribution in [2.45, 2.75) is 25.2 Å². The molecule has 1 aliphatic heterocycles. The van der Waals surface area contributed by atoms with Gasteiger partial charge in [0.15, 0.2) is 0 Å². The predicted octanol–water partition coefficient (Wildman–Crippen LogP) is 2.03. The second kappa shape index (κ2) is 8.02. The van der Waals surface area contributed by atoms with Crippen molar-refractivity contribution in [2.75, 3.05) is 19.7 Å². The van der Waals surface area contributed by atoms with Crippen molar-refractivity contribution in [2.24, 2.45) is 0 Å². The van der Waals surface area contributed by atoms with E-state index in [4.69, 9.17) is 4.74 Å². The standard InChI is InChI=1S/C20H22N2O5S/c1-14-6-5-8-17(15(14)2)27-13-11-21-19(23)10-12-22-20(24)16-7-3-4-9-18(16)28(22,25)26/h3-9H,10-13H2,1-2H3,(H,21,23). The van der Waals surface area contributed by atoms with E-state index in [0.29, 0.717) is 6.61 Å². The topological polar surface area (TPSA) is 92.8 Å². The maximum absolute atomic E-state index is 12.4. The summed E-state index contributed by atoms with van der Waals surface area (Å²) in [5.41, 5.74) is 2.31. The maximum Gasteiger partial charge on any atom is 0.269 e. The Hall–Kier alpha value is -2.87. The summed E-state index contributed by atoms with van der Waals surface area (Å²) in [5, 5.41) is 2.68. The lowest BCUT2D eigenvalue weighted by molar-refractivity contribution is -0.121. The zero-order chi connectivity index (χ0) is 20.3. The van der Waals surface area contributed by atoms with Gasteiger partial charge < -0.3 is 10.1 Å². The Morgan fingerprint density at radius 1 is 1.11 bits per heavy atom. The molecule has 0 spiro atoms. The minimum atomic E-state index is -3.88. The number of aryl methyl sites for hydroxylation is 1. The van der Waals surface area contributed by atoms with Crippen LogP contribution < -0.4 is 10.1 Å². The molecule has 0 radical (unpaired) electrons. The fourth-order valence-electron chi connectivity index (χ4n) is 2.98. The van der Waals surface area contributed by atoms with Gasteiger partial charge in [-0.3, -0.25) is 9.59 Å². The van der Waals surface area contributed by atoms with E-state index < -0.39 is 15.9 Å². The molecule has 0 aromatic heterocycles. The van der Waals surface area contributed by atoms with Crippen molar-refractivity contribution in [1.29, 1.82) is 0 Å². The molecular weight excluding hydrogens is 380 g/mol. The summed E-state index contributed by atoms with van der Waals surface area (Å²) in [7, 11) is -3.88. The van der Waals surface area contributed by atoms with Gasteiger partial charge in [0.2, 0.25) is 5.91 Å². The first-order chi connectivity index (χ1) is 13.3. The third-order valence-electron chi connectivity index (χ3n) is 4.69. The first-order valence-corrected chi connectivity index (χ1v) is 10.4. The van der Waals surface area contributed by atoms with Gasteiger partial charge in [-0.15, -0.1) is 0 Å². The third kappa shape index (κ3) is 3.87. The van der Waals surface area contributed by atoms with Gasteiger partial charge in [0.25, 0.3) is 15.9 Å². The van der Waals surface area contributed by atoms with Crippen LogP contribution in [0, 0.1) is 13.8 Å². The first kappa shape index (κ1) is 19.9. The average Bonchev–Trinajstić information content (AvgIpc) is 2.87. The molecule has 2 aromatic carbocycles. The molecule has 1 aliphatic rings. The average molecular weight is 402 g/mol. The Morgan fingerprint density at radius 2 is 1.86 bits per heavy atom. The molecule has 2 amide bonds. The highest BCUT2D eigenvalue weighted by molar-refractivity contribution is 7.90. The summed E-state index contributed by atoms with van der Waals surface area (Å²) in [4.78, 5) is 24.3. The number of sulfonamides is 1. The van der Waals surface area contributed by atoms with Crippen LogP contribution in [0.3, 0.4) is 0 Å². The third-order valence-corrected chi connectivity index (χ3v) is 6.53. The smallest absolute Gasteiger partial charge is 0.269 e. The number of fused-ring (bicyclic) bond motifs is 1. The van der Waals surface area contributed by atoms with Crippen LogP contribution in [0.4, 0.5) is 0 Å². The van der Waals surface area contributed by atoms with E-state index in [-0.39, 0.29) is 35.9 Å². The molecular formula is C20H22N2O5S. The van der Waals surface area contributed by atoms with Gasteiger partial charge in [-0.25, -0.2) is 12.7 Å². The molecule has 7 nitrogen and oxygen atoms in total. The van der Waals surface area contributed by atoms with Crippen molar-refractivity contribution in [1.82, 2.24) is 9.62 Å². The Morgan fingerprint density at radius 3 is 2.61 bits per heavy atom. The lowest BCUT2D eigenvalue weighted by atomic mass is 10.1. The van der Waals surface area contributed by atoms with Crippen LogP contribution in [0.1, 0.15) is 27.9 Å². The van der Waals surface area contributed by atoms with Gasteiger partial charge in [0, 0.05) is 13.0 Å². The number of carbonyl (C=O) groups is 2. The van der Waals surface area contributed by atoms with E-state index in [9.17, 15) is 18.0 Å². The molecule has 0 saturated heterocycles. The Kier molecular flexibility index (Phi) is 5.69. The summed E-state index contributed by atoms with van der Waals surface area (Å²) < 4.78 is 31.3. The molecule has 148 valence electrons. The van der Waals surface area contributed by atoms with Crippen molar-refractivity contribution in [3.8, 4) is 5.75 Å². The van der Waals surface area contributed by atoms with Gasteiger partial charge in [-0.05, 0) is 43.2 Å². The molecule has 3 rings (SSSR count). The van der Waals surface area contributed by atoms with Gasteiger partial charge in [-0.2, -0.15) is 0 Å². The van der Waals surface area contributed by atoms with E-state index in [0.717, 1.165) is 21.2 Å². The van der Waals surface area contributed by atoms with Crippen LogP contribution in [0.15, 0.2) is 47.4 Å². The molecule has 0 saturated carbocycles. The minimum absolute atomic E-state index is 0.0117. The van der Waals surface area contributed by atoms with Gasteiger partial charge in [0.05, 0.1) is 12.1 Å². The number of nitrogens with zero attached hydrogens (tertiary/aromatic N) is 1. The summed E-state index contributed by atoms with van der Waals surface area (Å²) in [6.45, 7) is 4.35. The highest BCUT2D eigenvalue weighted by Crippen LogP contribution is 2.29. The summed E-state index contributed by atoms with van der Waals surface area (Å²) in [6, 6.07) is 11.8. The van der Waals surface area contributed by atoms with Gasteiger partial charge in [-0.1, -0.05) is 24.3 Å². The molecule has 0 aliphatic carbocycles. The zero-order valence-electron chi connectivity index (χ0n) is 15.8. The second-order valence-electron chi connectivity index (χ2n) is 6.52. The summed E-state index contributed by atoms with van der Waals surface area (Å²) in [5.74, 6) is -0.175. The number of amides is 2. The van der Waals surface area contributed by atoms with E-state index in [1.165, 1.54) is 12.1 Å². The normalized spacial score (nSPS) is 14.6. The van der Waals surface area contributed by atoms with Crippen LogP contribution in [0.5, 0.6) is 5.75 Å². The molecule has 0 bridgehead atoms. The highest BCUT2D eigenvalue weighted by atomic mass is 32.2. The van der Waals surface area contributed by atoms with Crippen molar-refractivity contribution in [3.63, 3.8) is 0 Å². The Labute approximate surface area is 164 Å². The quantitative estimate of drug-likeness (QED) is 0.716. The molecule has 2 aromatic rings. The van der Waals surface area contributed by atoms with Crippen LogP contribution in [-0.2, 0) is 14.8 Å². The SMILES string of the molecule is Cc1cccc(OCCNC(=O)CCN2C(=O)c3ccccc3S2(=O)=O)c1C. The van der Waals surface area contributed by atoms with Crippen LogP contribution in [0.25, 0.3) is 0 Å². The summed E-state index contributed by atoms with van der Waals surface area (Å²) >= 11 is 0. The molecule has 0 fully saturated rings. The number of rotatable bonds is 7. The fraction of sp³-hybridized carbons (Fsp3) is 0.300. The van der Waals surface area contributed by atoms with E-state index >= 15 is 0 Å². The van der Waals surface area contributed by atoms with Gasteiger partial charge in [0.1, 0.15) is 17.3 Å². The van der Waals surface area contributed by atoms with Crippen molar-refractivity contribution in [3.05, 3.63) is 59.2 Å². The van der Waals surface area contributed by atoms with Crippen molar-refractivity contribution < 1.29 is 22.7 Å². The Balaban J connectivity index is 1.48. The van der Waals surface area contributed by atoms with E-state index in [1.807, 2.05) is 32.0 Å². The van der Waals surface area contributed by atoms with Crippen molar-refractivity contribution >= 4 is 21.8 Å². The number of nitrogens with one attached hydrogen (secondary N) is 1. The molecule has 28 heavy (non-hydrogen) atoms. The number of hydrogen-bond acceptors (Lipinski definition) is 5. The summed E-state index contributed by atoms with van der Waals surface area (Å²) in [6.07, 6.45) is -0.109. The van der Waals surface area contributed by atoms with Crippen LogP contribution >= 0.6 is 0 Å². The van der Waals surface area contributed by atoms with E-state index in [2.05, 4.69) is 5.32 Å². The lowest BCUT2D eigenvalue weighted by Gasteiger charge is -2.15. The molecule has 1 heterocycles. The van der Waals surface area contributed by atoms with Gasteiger partial charge >= 0.3 is 0 Å². The van der Waals surface area contributed by atoms with E-state index in [1.54, 1.807) is 12.1 Å². The first-order valence-electron chi connectivity index (χ1n) is 8.94. The highest BCUT2D eigenvalue weighted by Gasteiger charge is 2.40. The second-order valence-corrected chi connectivity index (χ2v) is 8.36. The van der Waals surface area contributed by atoms with Crippen LogP contribution in [-0.4, -0.2) is 44.2 Å². The maximum atomic E-state index is 12.4. The molecule has 0 unspecified atom stereocenters. The van der Waals surface area contributed by atoms with Crippen LogP contribution in [0.2, 0.25) is 0 Å². The number of ether oxygens (including phenoxy) is 1. The number of benzene rings is 2. The fourth-order valence-corrected chi connectivity index (χ4v) is 4.55. The monoisotopic (exact) mass is 402 g/mol. The minimum Gasteiger partial charge on any atom is -0.491 e. The number of hydrogen-bond donors (Lipinski definition) is 1. The molecule has 0 atom stereocenters. The zero-order valence-corrected chi connectivity index (χ0v) is 16.6. The number of carbonyl (C=O) groups excluding carboxylic acids is 2. The Bertz CT molecular complexity index is 1020. The molecule has 1 N–H and O–H groups in total. The largest absolute Gasteiger partial charge is 0.491 e.